The maximum atomic E-state index is 12.1. The topological polar surface area (TPSA) is 102 Å². The van der Waals surface area contributed by atoms with Crippen molar-refractivity contribution in [1.29, 1.82) is 0 Å². The normalized spacial score (nSPS) is 14.4. The Labute approximate surface area is 145 Å². The average molecular weight is 352 g/mol. The van der Waals surface area contributed by atoms with E-state index in [2.05, 4.69) is 0 Å². The number of piperazine rings is 1. The largest absolute Gasteiger partial charge is 0.493 e. The molecule has 9 heteroatoms. The molecule has 2 rings (SSSR count). The van der Waals surface area contributed by atoms with Crippen LogP contribution in [-0.2, 0) is 4.79 Å². The van der Waals surface area contributed by atoms with Gasteiger partial charge in [0.2, 0.25) is 5.91 Å². The second-order valence-corrected chi connectivity index (χ2v) is 5.93. The third-order valence-corrected chi connectivity index (χ3v) is 4.15. The molecule has 1 aliphatic heterocycles. The van der Waals surface area contributed by atoms with Crippen LogP contribution in [0.1, 0.15) is 12.0 Å². The molecule has 0 radical (unpaired) electrons. The Kier molecular flexibility index (Phi) is 5.91. The summed E-state index contributed by atoms with van der Waals surface area (Å²) in [4.78, 5) is 26.1. The first kappa shape index (κ1) is 17.9. The van der Waals surface area contributed by atoms with E-state index in [1.165, 1.54) is 12.1 Å². The fourth-order valence-electron chi connectivity index (χ4n) is 2.51. The molecule has 0 aromatic heterocycles. The van der Waals surface area contributed by atoms with Crippen LogP contribution in [0.2, 0.25) is 0 Å². The maximum Gasteiger partial charge on any atom is 0.272 e. The number of hydrogen-bond acceptors (Lipinski definition) is 5. The molecule has 8 nitrogen and oxygen atoms in total. The zero-order chi connectivity index (χ0) is 17.7. The highest BCUT2D eigenvalue weighted by molar-refractivity contribution is 7.80. The summed E-state index contributed by atoms with van der Waals surface area (Å²) in [6.45, 7) is 4.34. The third kappa shape index (κ3) is 4.54. The van der Waals surface area contributed by atoms with E-state index in [0.717, 1.165) is 0 Å². The molecular weight excluding hydrogens is 332 g/mol. The van der Waals surface area contributed by atoms with Crippen LogP contribution in [0.3, 0.4) is 0 Å². The second-order valence-electron chi connectivity index (χ2n) is 5.51. The minimum absolute atomic E-state index is 0.0104. The molecule has 0 atom stereocenters. The number of nitro groups is 1. The van der Waals surface area contributed by atoms with Gasteiger partial charge < -0.3 is 20.3 Å². The van der Waals surface area contributed by atoms with Crippen molar-refractivity contribution in [2.24, 2.45) is 5.73 Å². The molecule has 1 aliphatic rings. The SMILES string of the molecule is Cc1cc(OCCC(=O)N2CCN(C(N)=S)CC2)ccc1[N+](=O)[O-]. The predicted octanol–water partition coefficient (Wildman–Crippen LogP) is 1.06. The van der Waals surface area contributed by atoms with E-state index in [1.54, 1.807) is 17.9 Å². The molecule has 1 fully saturated rings. The summed E-state index contributed by atoms with van der Waals surface area (Å²) in [5, 5.41) is 11.1. The number of hydrogen-bond donors (Lipinski definition) is 1. The Morgan fingerprint density at radius 1 is 1.33 bits per heavy atom. The lowest BCUT2D eigenvalue weighted by atomic mass is 10.2. The van der Waals surface area contributed by atoms with Crippen LogP contribution in [0, 0.1) is 17.0 Å². The fourth-order valence-corrected chi connectivity index (χ4v) is 2.70. The Morgan fingerprint density at radius 3 is 2.50 bits per heavy atom. The zero-order valence-electron chi connectivity index (χ0n) is 13.4. The molecule has 1 saturated heterocycles. The van der Waals surface area contributed by atoms with Gasteiger partial charge in [0, 0.05) is 37.8 Å². The van der Waals surface area contributed by atoms with Crippen molar-refractivity contribution in [3.05, 3.63) is 33.9 Å². The van der Waals surface area contributed by atoms with Crippen LogP contribution in [0.5, 0.6) is 5.75 Å². The van der Waals surface area contributed by atoms with E-state index >= 15 is 0 Å². The number of amides is 1. The molecule has 0 spiro atoms. The number of thiocarbonyl (C=S) groups is 1. The van der Waals surface area contributed by atoms with Crippen LogP contribution < -0.4 is 10.5 Å². The van der Waals surface area contributed by atoms with E-state index in [-0.39, 0.29) is 24.6 Å². The zero-order valence-corrected chi connectivity index (χ0v) is 14.3. The third-order valence-electron chi connectivity index (χ3n) is 3.89. The summed E-state index contributed by atoms with van der Waals surface area (Å²) in [6.07, 6.45) is 0.253. The van der Waals surface area contributed by atoms with Gasteiger partial charge in [-0.05, 0) is 31.3 Å². The van der Waals surface area contributed by atoms with Crippen molar-refractivity contribution in [2.75, 3.05) is 32.8 Å². The maximum absolute atomic E-state index is 12.1. The number of nitrogens with two attached hydrogens (primary N) is 1. The van der Waals surface area contributed by atoms with E-state index in [1.807, 2.05) is 4.90 Å². The molecule has 0 aliphatic carbocycles. The number of nitrogens with zero attached hydrogens (tertiary/aromatic N) is 3. The lowest BCUT2D eigenvalue weighted by Gasteiger charge is -2.35. The Bertz CT molecular complexity index is 644. The number of aryl methyl sites for hydroxylation is 1. The molecular formula is C15H20N4O4S. The number of ether oxygens (including phenoxy) is 1. The van der Waals surface area contributed by atoms with Crippen LogP contribution in [0.25, 0.3) is 0 Å². The molecule has 24 heavy (non-hydrogen) atoms. The Hall–Kier alpha value is -2.42. The first-order valence-electron chi connectivity index (χ1n) is 7.58. The monoisotopic (exact) mass is 352 g/mol. The number of carbonyl (C=O) groups excluding carboxylic acids is 1. The van der Waals surface area contributed by atoms with E-state index in [4.69, 9.17) is 22.7 Å². The van der Waals surface area contributed by atoms with Gasteiger partial charge in [-0.3, -0.25) is 14.9 Å². The molecule has 1 aromatic rings. The van der Waals surface area contributed by atoms with Crippen LogP contribution in [0.15, 0.2) is 18.2 Å². The van der Waals surface area contributed by atoms with Crippen molar-refractivity contribution in [2.45, 2.75) is 13.3 Å². The number of nitro benzene ring substituents is 1. The molecule has 2 N–H and O–H groups in total. The van der Waals surface area contributed by atoms with E-state index in [0.29, 0.717) is 42.6 Å². The summed E-state index contributed by atoms with van der Waals surface area (Å²) >= 11 is 4.92. The summed E-state index contributed by atoms with van der Waals surface area (Å²) in [5.41, 5.74) is 6.14. The minimum atomic E-state index is -0.435. The number of benzene rings is 1. The van der Waals surface area contributed by atoms with Crippen LogP contribution in [-0.4, -0.2) is 58.5 Å². The van der Waals surface area contributed by atoms with Gasteiger partial charge in [-0.15, -0.1) is 0 Å². The quantitative estimate of drug-likeness (QED) is 0.480. The van der Waals surface area contributed by atoms with Crippen molar-refractivity contribution < 1.29 is 14.5 Å². The summed E-state index contributed by atoms with van der Waals surface area (Å²) in [5.74, 6) is 0.528. The predicted molar refractivity (Wildman–Crippen MR) is 92.9 cm³/mol. The highest BCUT2D eigenvalue weighted by Crippen LogP contribution is 2.23. The van der Waals surface area contributed by atoms with Crippen LogP contribution >= 0.6 is 12.2 Å². The summed E-state index contributed by atoms with van der Waals surface area (Å²) in [7, 11) is 0. The summed E-state index contributed by atoms with van der Waals surface area (Å²) < 4.78 is 5.52. The van der Waals surface area contributed by atoms with Gasteiger partial charge in [-0.2, -0.15) is 0 Å². The molecule has 130 valence electrons. The van der Waals surface area contributed by atoms with E-state index < -0.39 is 4.92 Å². The first-order valence-corrected chi connectivity index (χ1v) is 7.99. The second kappa shape index (κ2) is 7.91. The van der Waals surface area contributed by atoms with Crippen molar-refractivity contribution in [3.8, 4) is 5.75 Å². The average Bonchev–Trinajstić information content (AvgIpc) is 2.54. The minimum Gasteiger partial charge on any atom is -0.493 e. The summed E-state index contributed by atoms with van der Waals surface area (Å²) in [6, 6.07) is 4.54. The van der Waals surface area contributed by atoms with Gasteiger partial charge in [0.15, 0.2) is 5.11 Å². The van der Waals surface area contributed by atoms with Gasteiger partial charge in [-0.1, -0.05) is 0 Å². The number of rotatable bonds is 5. The Balaban J connectivity index is 1.78. The van der Waals surface area contributed by atoms with Crippen LogP contribution in [0.4, 0.5) is 5.69 Å². The number of carbonyl (C=O) groups is 1. The molecule has 0 unspecified atom stereocenters. The van der Waals surface area contributed by atoms with Crippen molar-refractivity contribution in [3.63, 3.8) is 0 Å². The van der Waals surface area contributed by atoms with Gasteiger partial charge >= 0.3 is 0 Å². The van der Waals surface area contributed by atoms with Crippen molar-refractivity contribution >= 4 is 28.9 Å². The van der Waals surface area contributed by atoms with Crippen molar-refractivity contribution in [1.82, 2.24) is 9.80 Å². The smallest absolute Gasteiger partial charge is 0.272 e. The molecule has 0 saturated carbocycles. The van der Waals surface area contributed by atoms with Gasteiger partial charge in [0.25, 0.3) is 5.69 Å². The van der Waals surface area contributed by atoms with Gasteiger partial charge in [0.1, 0.15) is 5.75 Å². The Morgan fingerprint density at radius 2 is 1.96 bits per heavy atom. The first-order chi connectivity index (χ1) is 11.4. The molecule has 0 bridgehead atoms. The highest BCUT2D eigenvalue weighted by Gasteiger charge is 2.21. The fraction of sp³-hybridized carbons (Fsp3) is 0.467. The van der Waals surface area contributed by atoms with Gasteiger partial charge in [-0.25, -0.2) is 0 Å². The lowest BCUT2D eigenvalue weighted by molar-refractivity contribution is -0.385. The highest BCUT2D eigenvalue weighted by atomic mass is 32.1. The van der Waals surface area contributed by atoms with Gasteiger partial charge in [0.05, 0.1) is 18.0 Å². The molecule has 1 amide bonds. The standard InChI is InChI=1S/C15H20N4O4S/c1-11-10-12(2-3-13(11)19(21)22)23-9-4-14(20)17-5-7-18(8-6-17)15(16)24/h2-3,10H,4-9H2,1H3,(H2,16,24). The molecule has 1 aromatic carbocycles. The van der Waals surface area contributed by atoms with E-state index in [9.17, 15) is 14.9 Å². The lowest BCUT2D eigenvalue weighted by Crippen LogP contribution is -2.52. The molecule has 1 heterocycles.